The van der Waals surface area contributed by atoms with Crippen LogP contribution in [0.25, 0.3) is 16.7 Å². The third-order valence-electron chi connectivity index (χ3n) is 15.9. The van der Waals surface area contributed by atoms with Crippen LogP contribution in [-0.4, -0.2) is 144 Å². The van der Waals surface area contributed by atoms with Crippen molar-refractivity contribution in [2.75, 3.05) is 69.7 Å². The minimum Gasteiger partial charge on any atom is -0.455 e. The standard InChI is InChI=1S/C53H66N9O16P3/c1-59(52(66)35-16-5-4-15-34(35)42-38-27-32-13-8-23-60-25-10-17-36(44(32)60)48(38)76-49-37-18-11-26-61-24-9-14-33(45(37)61)28-39(42)49)22-12-19-41(63)54-20-6-2-3-7-21-55-50-43-51(57-30-56-50)62(31-58-43)53-47(65)46(64)40(75-53)29-74-80(70,71)78-81(72,73)77-79(67,68)69/h4-5,15-16,27-28,30-31,40,46-47,53,64-65H,2-3,6-14,17-26,29H2,1H3,(H5-,54,55,56,57,63,67,68,69,70,71,72,73)/p+1/t40-,46-,47-,53-/m1/s1. The first-order valence-electron chi connectivity index (χ1n) is 27.6. The molecule has 0 radical (unpaired) electrons. The second-order valence-corrected chi connectivity index (χ2v) is 25.8. The van der Waals surface area contributed by atoms with Crippen LogP contribution in [0.15, 0.2) is 49.1 Å². The molecule has 0 spiro atoms. The molecule has 0 aliphatic carbocycles. The van der Waals surface area contributed by atoms with Crippen molar-refractivity contribution >= 4 is 63.5 Å². The Bertz CT molecular complexity index is 3550. The fraction of sp³-hybridized carbons (Fsp3) is 0.509. The van der Waals surface area contributed by atoms with Crippen molar-refractivity contribution in [3.8, 4) is 11.5 Å². The van der Waals surface area contributed by atoms with E-state index in [2.05, 4.69) is 66.4 Å². The Kier molecular flexibility index (Phi) is 16.7. The van der Waals surface area contributed by atoms with Crippen molar-refractivity contribution in [3.63, 3.8) is 0 Å². The number of anilines is 2. The van der Waals surface area contributed by atoms with Gasteiger partial charge in [0.05, 0.1) is 18.5 Å². The van der Waals surface area contributed by atoms with Crippen LogP contribution in [0, 0.1) is 0 Å². The van der Waals surface area contributed by atoms with Gasteiger partial charge in [-0.2, -0.15) is 8.62 Å². The van der Waals surface area contributed by atoms with Crippen LogP contribution in [0.2, 0.25) is 0 Å². The van der Waals surface area contributed by atoms with Crippen molar-refractivity contribution in [3.05, 3.63) is 98.6 Å². The maximum absolute atomic E-state index is 14.6. The Morgan fingerprint density at radius 2 is 1.56 bits per heavy atom. The fourth-order valence-corrected chi connectivity index (χ4v) is 15.4. The zero-order chi connectivity index (χ0) is 56.8. The lowest BCUT2D eigenvalue weighted by Gasteiger charge is -2.39. The Balaban J connectivity index is 0.656. The third kappa shape index (κ3) is 12.2. The Hall–Kier alpha value is -5.49. The number of carbonyl (C=O) groups excluding carboxylic acids is 2. The summed E-state index contributed by atoms with van der Waals surface area (Å²) in [5.74, 6) is 2.12. The third-order valence-corrected chi connectivity index (χ3v) is 19.7. The predicted molar refractivity (Wildman–Crippen MR) is 294 cm³/mol. The summed E-state index contributed by atoms with van der Waals surface area (Å²) >= 11 is 0. The Morgan fingerprint density at radius 1 is 0.815 bits per heavy atom. The molecule has 2 unspecified atom stereocenters. The molecular formula is C53H67N9O16P3+. The number of ether oxygens (including phenoxy) is 2. The first kappa shape index (κ1) is 57.3. The highest BCUT2D eigenvalue weighted by Gasteiger charge is 2.47. The fourth-order valence-electron chi connectivity index (χ4n) is 12.3. The van der Waals surface area contributed by atoms with Gasteiger partial charge in [0.25, 0.3) is 5.91 Å². The van der Waals surface area contributed by atoms with Gasteiger partial charge in [0.15, 0.2) is 23.2 Å². The SMILES string of the molecule is CN(CCCC(=O)NCCCCCCNc1ncnc2c1ncn2[C@@H]1O[C@H](COP(=O)(O)OP(=O)(O)OP(=O)(O)O)[C@@H](O)[C@H]1O)C(=O)c1ccccc1C1=c2cc3c4c(c2Oc2c1cc1c5c2CCCN5CCC1)CCC[N+]=4CCC3. The smallest absolute Gasteiger partial charge is 0.455 e. The lowest BCUT2D eigenvalue weighted by Crippen LogP contribution is -2.45. The van der Waals surface area contributed by atoms with Crippen LogP contribution >= 0.6 is 23.5 Å². The van der Waals surface area contributed by atoms with E-state index in [1.807, 2.05) is 25.2 Å². The van der Waals surface area contributed by atoms with E-state index in [0.717, 1.165) is 137 Å². The molecule has 25 nitrogen and oxygen atoms in total. The summed E-state index contributed by atoms with van der Waals surface area (Å²) < 4.78 is 63.6. The number of hydrogen-bond acceptors (Lipinski definition) is 17. The summed E-state index contributed by atoms with van der Waals surface area (Å²) in [6.07, 6.45) is 8.67. The zero-order valence-corrected chi connectivity index (χ0v) is 47.4. The van der Waals surface area contributed by atoms with Crippen molar-refractivity contribution in [1.82, 2.24) is 34.3 Å². The molecule has 0 saturated carbocycles. The van der Waals surface area contributed by atoms with Gasteiger partial charge < -0.3 is 59.7 Å². The summed E-state index contributed by atoms with van der Waals surface area (Å²) in [7, 11) is -15.1. The molecule has 28 heteroatoms. The molecule has 3 aromatic carbocycles. The molecule has 1 saturated heterocycles. The first-order chi connectivity index (χ1) is 38.8. The molecule has 8 heterocycles. The number of aromatic nitrogens is 4. The summed E-state index contributed by atoms with van der Waals surface area (Å²) in [6.45, 7) is 4.71. The summed E-state index contributed by atoms with van der Waals surface area (Å²) in [6, 6.07) is 12.7. The molecule has 6 aliphatic rings. The van der Waals surface area contributed by atoms with Crippen molar-refractivity contribution in [1.29, 1.82) is 0 Å². The zero-order valence-electron chi connectivity index (χ0n) is 44.7. The number of rotatable bonds is 22. The molecule has 2 aromatic heterocycles. The van der Waals surface area contributed by atoms with E-state index in [0.29, 0.717) is 43.0 Å². The topological polar surface area (TPSA) is 330 Å². The average Bonchev–Trinajstić information content (AvgIpc) is 2.86. The number of aliphatic hydroxyl groups excluding tert-OH is 2. The molecule has 5 aromatic rings. The van der Waals surface area contributed by atoms with Crippen molar-refractivity contribution < 1.29 is 75.7 Å². The normalized spacial score (nSPS) is 21.5. The second-order valence-electron chi connectivity index (χ2n) is 21.4. The molecule has 2 amide bonds. The molecule has 6 aliphatic heterocycles. The van der Waals surface area contributed by atoms with E-state index in [4.69, 9.17) is 19.3 Å². The number of nitrogens with zero attached hydrogens (tertiary/aromatic N) is 7. The van der Waals surface area contributed by atoms with Crippen LogP contribution in [0.3, 0.4) is 0 Å². The molecule has 1 fully saturated rings. The van der Waals surface area contributed by atoms with Gasteiger partial charge in [-0.05, 0) is 87.1 Å². The van der Waals surface area contributed by atoms with Crippen LogP contribution in [0.1, 0.15) is 114 Å². The average molecular weight is 1180 g/mol. The highest BCUT2D eigenvalue weighted by Crippen LogP contribution is 2.66. The van der Waals surface area contributed by atoms with Gasteiger partial charge in [-0.25, -0.2) is 33.2 Å². The minimum absolute atomic E-state index is 0.0726. The van der Waals surface area contributed by atoms with Gasteiger partial charge >= 0.3 is 23.5 Å². The number of carbonyl (C=O) groups is 2. The minimum atomic E-state index is -5.78. The molecule has 81 heavy (non-hydrogen) atoms. The lowest BCUT2D eigenvalue weighted by atomic mass is 9.81. The number of aliphatic hydroxyl groups is 2. The number of hydrogen-bond donors (Lipinski definition) is 8. The Morgan fingerprint density at radius 3 is 2.36 bits per heavy atom. The van der Waals surface area contributed by atoms with E-state index < -0.39 is 54.6 Å². The number of phosphoric acid groups is 3. The van der Waals surface area contributed by atoms with Gasteiger partial charge in [0.2, 0.25) is 11.3 Å². The van der Waals surface area contributed by atoms with Gasteiger partial charge in [0, 0.05) is 97.8 Å². The highest BCUT2D eigenvalue weighted by atomic mass is 31.3. The van der Waals surface area contributed by atoms with E-state index in [1.165, 1.54) is 50.5 Å². The first-order valence-corrected chi connectivity index (χ1v) is 32.1. The van der Waals surface area contributed by atoms with Gasteiger partial charge in [0.1, 0.15) is 49.2 Å². The number of phosphoric ester groups is 1. The molecular weight excluding hydrogens is 1110 g/mol. The number of fused-ring (bicyclic) bond motifs is 5. The van der Waals surface area contributed by atoms with E-state index in [1.54, 1.807) is 4.90 Å². The largest absolute Gasteiger partial charge is 0.490 e. The summed E-state index contributed by atoms with van der Waals surface area (Å²) in [4.78, 5) is 81.5. The lowest BCUT2D eigenvalue weighted by molar-refractivity contribution is -0.121. The summed E-state index contributed by atoms with van der Waals surface area (Å²) in [5.41, 5.74) is 10.9. The number of unbranched alkanes of at least 4 members (excludes halogenated alkanes) is 3. The van der Waals surface area contributed by atoms with Crippen LogP contribution < -0.4 is 35.4 Å². The van der Waals surface area contributed by atoms with Crippen LogP contribution in [0.5, 0.6) is 11.5 Å². The molecule has 8 N–H and O–H groups in total. The van der Waals surface area contributed by atoms with E-state index in [9.17, 15) is 43.3 Å². The number of aryl methyl sites for hydroxylation is 2. The summed E-state index contributed by atoms with van der Waals surface area (Å²) in [5, 5.41) is 30.1. The van der Waals surface area contributed by atoms with Crippen LogP contribution in [0.4, 0.5) is 11.5 Å². The van der Waals surface area contributed by atoms with E-state index in [-0.39, 0.29) is 23.9 Å². The van der Waals surface area contributed by atoms with Gasteiger partial charge in [-0.1, -0.05) is 31.0 Å². The Labute approximate surface area is 466 Å². The second kappa shape index (κ2) is 23.6. The monoisotopic (exact) mass is 1180 g/mol. The maximum Gasteiger partial charge on any atom is 0.490 e. The van der Waals surface area contributed by atoms with Gasteiger partial charge in [-0.15, -0.1) is 0 Å². The van der Waals surface area contributed by atoms with Crippen molar-refractivity contribution in [2.45, 2.75) is 114 Å². The van der Waals surface area contributed by atoms with Crippen LogP contribution in [-0.2, 0) is 62.1 Å². The predicted octanol–water partition coefficient (Wildman–Crippen LogP) is 3.87. The molecule has 6 atom stereocenters. The van der Waals surface area contributed by atoms with E-state index >= 15 is 0 Å². The molecule has 11 rings (SSSR count). The number of amides is 2. The van der Waals surface area contributed by atoms with Crippen molar-refractivity contribution in [2.24, 2.45) is 0 Å². The number of imidazole rings is 1. The maximum atomic E-state index is 14.6. The van der Waals surface area contributed by atoms with Gasteiger partial charge in [-0.3, -0.25) is 18.7 Å². The molecule has 0 bridgehead atoms. The number of benzene rings is 3. The highest BCUT2D eigenvalue weighted by molar-refractivity contribution is 7.66. The number of nitrogens with one attached hydrogen (secondary N) is 2. The molecule has 434 valence electrons. The quantitative estimate of drug-likeness (QED) is 0.0272.